The minimum absolute atomic E-state index is 0.444. The molecule has 0 unspecified atom stereocenters. The maximum atomic E-state index is 5.95. The van der Waals surface area contributed by atoms with Gasteiger partial charge in [0.15, 0.2) is 0 Å². The van der Waals surface area contributed by atoms with Crippen molar-refractivity contribution < 1.29 is 9.47 Å². The van der Waals surface area contributed by atoms with E-state index in [9.17, 15) is 0 Å². The van der Waals surface area contributed by atoms with Gasteiger partial charge in [-0.05, 0) is 36.7 Å². The Morgan fingerprint density at radius 1 is 1.18 bits per heavy atom. The quantitative estimate of drug-likeness (QED) is 0.862. The molecule has 1 saturated heterocycles. The molecule has 2 aliphatic rings. The first-order chi connectivity index (χ1) is 10.8. The molecule has 0 N–H and O–H groups in total. The summed E-state index contributed by atoms with van der Waals surface area (Å²) in [5, 5.41) is 0. The van der Waals surface area contributed by atoms with Gasteiger partial charge in [0.05, 0.1) is 13.7 Å². The Kier molecular flexibility index (Phi) is 3.51. The van der Waals surface area contributed by atoms with Gasteiger partial charge >= 0.3 is 0 Å². The van der Waals surface area contributed by atoms with Gasteiger partial charge in [-0.25, -0.2) is 0 Å². The van der Waals surface area contributed by atoms with Crippen molar-refractivity contribution in [1.29, 1.82) is 0 Å². The fourth-order valence-electron chi connectivity index (χ4n) is 3.76. The minimum Gasteiger partial charge on any atom is -0.497 e. The Bertz CT molecular complexity index is 656. The zero-order valence-electron chi connectivity index (χ0n) is 12.9. The summed E-state index contributed by atoms with van der Waals surface area (Å²) in [5.74, 6) is 2.51. The van der Waals surface area contributed by atoms with E-state index in [1.54, 1.807) is 7.11 Å². The molecule has 0 radical (unpaired) electrons. The fourth-order valence-corrected chi connectivity index (χ4v) is 3.76. The van der Waals surface area contributed by atoms with Crippen LogP contribution in [-0.2, 0) is 6.54 Å². The molecule has 0 amide bonds. The molecule has 2 aromatic carbocycles. The fraction of sp³-hybridized carbons (Fsp3) is 0.368. The van der Waals surface area contributed by atoms with Gasteiger partial charge in [-0.15, -0.1) is 0 Å². The van der Waals surface area contributed by atoms with Gasteiger partial charge in [0.25, 0.3) is 0 Å². The lowest BCUT2D eigenvalue weighted by Crippen LogP contribution is -2.30. The molecule has 3 heteroatoms. The highest BCUT2D eigenvalue weighted by molar-refractivity contribution is 5.44. The highest BCUT2D eigenvalue weighted by Crippen LogP contribution is 2.46. The van der Waals surface area contributed by atoms with E-state index in [1.807, 2.05) is 12.1 Å². The summed E-state index contributed by atoms with van der Waals surface area (Å²) in [6, 6.07) is 17.3. The third-order valence-electron chi connectivity index (χ3n) is 4.84. The van der Waals surface area contributed by atoms with Crippen LogP contribution < -0.4 is 9.47 Å². The van der Waals surface area contributed by atoms with Crippen molar-refractivity contribution in [3.05, 3.63) is 59.7 Å². The molecule has 4 rings (SSSR count). The van der Waals surface area contributed by atoms with Crippen LogP contribution in [0.3, 0.4) is 0 Å². The predicted molar refractivity (Wildman–Crippen MR) is 86.2 cm³/mol. The first-order valence-corrected chi connectivity index (χ1v) is 7.94. The first-order valence-electron chi connectivity index (χ1n) is 7.94. The van der Waals surface area contributed by atoms with Gasteiger partial charge in [0.1, 0.15) is 11.5 Å². The van der Waals surface area contributed by atoms with Crippen LogP contribution in [0.4, 0.5) is 0 Å². The number of ether oxygens (including phenoxy) is 2. The molecule has 0 bridgehead atoms. The predicted octanol–water partition coefficient (Wildman–Crippen LogP) is 3.65. The minimum atomic E-state index is 0.444. The summed E-state index contributed by atoms with van der Waals surface area (Å²) < 4.78 is 11.4. The Balaban J connectivity index is 1.66. The van der Waals surface area contributed by atoms with E-state index in [1.165, 1.54) is 17.5 Å². The van der Waals surface area contributed by atoms with E-state index in [0.29, 0.717) is 12.0 Å². The van der Waals surface area contributed by atoms with Crippen LogP contribution in [0, 0.1) is 5.92 Å². The van der Waals surface area contributed by atoms with Crippen LogP contribution in [0.25, 0.3) is 0 Å². The van der Waals surface area contributed by atoms with Gasteiger partial charge < -0.3 is 9.47 Å². The second-order valence-corrected chi connectivity index (χ2v) is 6.16. The number of benzene rings is 2. The van der Waals surface area contributed by atoms with E-state index in [0.717, 1.165) is 31.2 Å². The molecule has 0 aromatic heterocycles. The third-order valence-corrected chi connectivity index (χ3v) is 4.84. The van der Waals surface area contributed by atoms with Crippen LogP contribution in [0.1, 0.15) is 23.6 Å². The summed E-state index contributed by atoms with van der Waals surface area (Å²) in [6.07, 6.45) is 1.20. The average Bonchev–Trinajstić information content (AvgIpc) is 2.98. The topological polar surface area (TPSA) is 21.7 Å². The maximum absolute atomic E-state index is 5.95. The molecule has 2 aliphatic heterocycles. The van der Waals surface area contributed by atoms with Crippen molar-refractivity contribution >= 4 is 0 Å². The van der Waals surface area contributed by atoms with E-state index < -0.39 is 0 Å². The van der Waals surface area contributed by atoms with E-state index in [2.05, 4.69) is 41.3 Å². The molecule has 114 valence electrons. The molecular formula is C19H21NO2. The number of nitrogens with zero attached hydrogens (tertiary/aromatic N) is 1. The third kappa shape index (κ3) is 2.35. The van der Waals surface area contributed by atoms with Crippen LogP contribution in [-0.4, -0.2) is 25.2 Å². The molecule has 2 heterocycles. The van der Waals surface area contributed by atoms with Crippen molar-refractivity contribution in [3.8, 4) is 11.5 Å². The number of methoxy groups -OCH3 is 1. The monoisotopic (exact) mass is 295 g/mol. The molecule has 2 aromatic rings. The number of hydrogen-bond acceptors (Lipinski definition) is 3. The van der Waals surface area contributed by atoms with E-state index in [-0.39, 0.29) is 0 Å². The number of rotatable bonds is 3. The Hall–Kier alpha value is -2.00. The Labute approximate surface area is 131 Å². The smallest absolute Gasteiger partial charge is 0.124 e. The lowest BCUT2D eigenvalue weighted by Gasteiger charge is -2.34. The largest absolute Gasteiger partial charge is 0.497 e. The van der Waals surface area contributed by atoms with Gasteiger partial charge in [0, 0.05) is 24.1 Å². The average molecular weight is 295 g/mol. The van der Waals surface area contributed by atoms with Crippen LogP contribution >= 0.6 is 0 Å². The Morgan fingerprint density at radius 3 is 2.86 bits per heavy atom. The van der Waals surface area contributed by atoms with Crippen LogP contribution in [0.15, 0.2) is 48.5 Å². The normalized spacial score (nSPS) is 23.5. The lowest BCUT2D eigenvalue weighted by molar-refractivity contribution is 0.143. The second-order valence-electron chi connectivity index (χ2n) is 6.16. The van der Waals surface area contributed by atoms with E-state index in [4.69, 9.17) is 9.47 Å². The van der Waals surface area contributed by atoms with Crippen molar-refractivity contribution in [2.45, 2.75) is 19.0 Å². The lowest BCUT2D eigenvalue weighted by atomic mass is 9.91. The SMILES string of the molecule is COc1ccc2c(c1)[C@H]1[C@H](CCN1Cc1ccccc1)CO2. The van der Waals surface area contributed by atoms with Crippen molar-refractivity contribution in [3.63, 3.8) is 0 Å². The summed E-state index contributed by atoms with van der Waals surface area (Å²) in [5.41, 5.74) is 2.66. The van der Waals surface area contributed by atoms with Crippen LogP contribution in [0.5, 0.6) is 11.5 Å². The van der Waals surface area contributed by atoms with Gasteiger partial charge in [-0.1, -0.05) is 30.3 Å². The highest BCUT2D eigenvalue weighted by Gasteiger charge is 2.40. The van der Waals surface area contributed by atoms with Crippen molar-refractivity contribution in [2.75, 3.05) is 20.3 Å². The summed E-state index contributed by atoms with van der Waals surface area (Å²) >= 11 is 0. The van der Waals surface area contributed by atoms with Crippen molar-refractivity contribution in [2.24, 2.45) is 5.92 Å². The zero-order chi connectivity index (χ0) is 14.9. The first kappa shape index (κ1) is 13.6. The second kappa shape index (κ2) is 5.65. The van der Waals surface area contributed by atoms with Gasteiger partial charge in [0.2, 0.25) is 0 Å². The number of likely N-dealkylation sites (tertiary alicyclic amines) is 1. The number of fused-ring (bicyclic) bond motifs is 3. The molecule has 0 aliphatic carbocycles. The highest BCUT2D eigenvalue weighted by atomic mass is 16.5. The Morgan fingerprint density at radius 2 is 2.05 bits per heavy atom. The summed E-state index contributed by atoms with van der Waals surface area (Å²) in [7, 11) is 1.72. The summed E-state index contributed by atoms with van der Waals surface area (Å²) in [4.78, 5) is 2.58. The molecule has 3 nitrogen and oxygen atoms in total. The van der Waals surface area contributed by atoms with Gasteiger partial charge in [-0.2, -0.15) is 0 Å². The zero-order valence-corrected chi connectivity index (χ0v) is 12.9. The molecule has 2 atom stereocenters. The van der Waals surface area contributed by atoms with Crippen LogP contribution in [0.2, 0.25) is 0 Å². The molecular weight excluding hydrogens is 274 g/mol. The molecule has 0 saturated carbocycles. The maximum Gasteiger partial charge on any atom is 0.124 e. The molecule has 1 fully saturated rings. The van der Waals surface area contributed by atoms with Crippen molar-refractivity contribution in [1.82, 2.24) is 4.90 Å². The molecule has 0 spiro atoms. The number of hydrogen-bond donors (Lipinski definition) is 0. The van der Waals surface area contributed by atoms with E-state index >= 15 is 0 Å². The van der Waals surface area contributed by atoms with Gasteiger partial charge in [-0.3, -0.25) is 4.90 Å². The summed E-state index contributed by atoms with van der Waals surface area (Å²) in [6.45, 7) is 2.96. The standard InChI is InChI=1S/C19H21NO2/c1-21-16-7-8-18-17(11-16)19-15(13-22-18)9-10-20(19)12-14-5-3-2-4-6-14/h2-8,11,15,19H,9-10,12-13H2,1H3/t15-,19-/m1/s1. The molecule has 22 heavy (non-hydrogen) atoms.